The van der Waals surface area contributed by atoms with Crippen LogP contribution in [0.1, 0.15) is 33.3 Å². The van der Waals surface area contributed by atoms with Gasteiger partial charge in [-0.25, -0.2) is 4.98 Å². The second kappa shape index (κ2) is 5.11. The van der Waals surface area contributed by atoms with Gasteiger partial charge in [0, 0.05) is 11.9 Å². The molecule has 0 bridgehead atoms. The van der Waals surface area contributed by atoms with Crippen molar-refractivity contribution in [3.8, 4) is 5.88 Å². The third-order valence-corrected chi connectivity index (χ3v) is 3.87. The van der Waals surface area contributed by atoms with Gasteiger partial charge in [-0.1, -0.05) is 12.1 Å². The summed E-state index contributed by atoms with van der Waals surface area (Å²) in [5.41, 5.74) is 6.55. The number of rotatable bonds is 3. The molecule has 1 aliphatic rings. The lowest BCUT2D eigenvalue weighted by Crippen LogP contribution is -2.41. The van der Waals surface area contributed by atoms with Crippen molar-refractivity contribution in [1.82, 2.24) is 4.98 Å². The number of hydrogen-bond donors (Lipinski definition) is 1. The van der Waals surface area contributed by atoms with Crippen LogP contribution in [0.15, 0.2) is 18.2 Å². The van der Waals surface area contributed by atoms with E-state index >= 15 is 0 Å². The highest BCUT2D eigenvalue weighted by Gasteiger charge is 2.50. The number of nitrogen functional groups attached to an aromatic ring is 1. The summed E-state index contributed by atoms with van der Waals surface area (Å²) in [6.07, 6.45) is 3.43. The van der Waals surface area contributed by atoms with Gasteiger partial charge in [0.05, 0.1) is 23.9 Å². The van der Waals surface area contributed by atoms with Crippen molar-refractivity contribution in [2.45, 2.75) is 38.9 Å². The van der Waals surface area contributed by atoms with Gasteiger partial charge in [-0.2, -0.15) is 0 Å². The number of hydrogen-bond acceptors (Lipinski definition) is 5. The first-order valence-electron chi connectivity index (χ1n) is 6.59. The van der Waals surface area contributed by atoms with Gasteiger partial charge in [0.2, 0.25) is 5.88 Å². The van der Waals surface area contributed by atoms with E-state index < -0.39 is 7.12 Å². The van der Waals surface area contributed by atoms with Gasteiger partial charge in [-0.3, -0.25) is 0 Å². The van der Waals surface area contributed by atoms with Gasteiger partial charge >= 0.3 is 7.12 Å². The quantitative estimate of drug-likeness (QED) is 0.858. The van der Waals surface area contributed by atoms with Crippen molar-refractivity contribution >= 4 is 18.9 Å². The predicted molar refractivity (Wildman–Crippen MR) is 80.3 cm³/mol. The number of pyridine rings is 1. The van der Waals surface area contributed by atoms with Gasteiger partial charge in [-0.15, -0.1) is 0 Å². The molecule has 0 saturated carbocycles. The minimum absolute atomic E-state index is 0.355. The molecule has 0 aromatic carbocycles. The van der Waals surface area contributed by atoms with E-state index in [4.69, 9.17) is 19.8 Å². The zero-order chi connectivity index (χ0) is 15.0. The van der Waals surface area contributed by atoms with Crippen LogP contribution in [0.3, 0.4) is 0 Å². The van der Waals surface area contributed by atoms with E-state index in [2.05, 4.69) is 4.98 Å². The Morgan fingerprint density at radius 2 is 1.85 bits per heavy atom. The molecule has 0 atom stereocenters. The molecule has 2 heterocycles. The summed E-state index contributed by atoms with van der Waals surface area (Å²) in [4.78, 5) is 4.13. The van der Waals surface area contributed by atoms with Gasteiger partial charge in [-0.05, 0) is 33.8 Å². The molecule has 1 aliphatic heterocycles. The minimum atomic E-state index is -0.413. The molecule has 0 spiro atoms. The molecule has 1 aromatic heterocycles. The molecule has 6 heteroatoms. The zero-order valence-corrected chi connectivity index (χ0v) is 12.6. The van der Waals surface area contributed by atoms with E-state index in [1.807, 2.05) is 39.7 Å². The second-order valence-corrected chi connectivity index (χ2v) is 5.81. The van der Waals surface area contributed by atoms with Crippen molar-refractivity contribution in [3.63, 3.8) is 0 Å². The van der Waals surface area contributed by atoms with Crippen LogP contribution < -0.4 is 10.5 Å². The van der Waals surface area contributed by atoms with E-state index in [-0.39, 0.29) is 11.2 Å². The molecule has 0 radical (unpaired) electrons. The summed E-state index contributed by atoms with van der Waals surface area (Å²) in [6.45, 7) is 8.05. The molecule has 1 saturated heterocycles. The topological polar surface area (TPSA) is 66.6 Å². The molecular formula is C14H21BN2O3. The van der Waals surface area contributed by atoms with Crippen LogP contribution >= 0.6 is 0 Å². The van der Waals surface area contributed by atoms with Crippen LogP contribution in [0.25, 0.3) is 6.08 Å². The van der Waals surface area contributed by atoms with E-state index in [1.165, 1.54) is 0 Å². The molecule has 1 aromatic rings. The highest BCUT2D eigenvalue weighted by Crippen LogP contribution is 2.37. The second-order valence-electron chi connectivity index (χ2n) is 5.81. The lowest BCUT2D eigenvalue weighted by atomic mass is 9.89. The molecule has 0 unspecified atom stereocenters. The maximum Gasteiger partial charge on any atom is 0.487 e. The summed E-state index contributed by atoms with van der Waals surface area (Å²) in [7, 11) is 1.15. The Labute approximate surface area is 120 Å². The largest absolute Gasteiger partial charge is 0.487 e. The van der Waals surface area contributed by atoms with Crippen molar-refractivity contribution in [2.75, 3.05) is 12.8 Å². The van der Waals surface area contributed by atoms with Crippen molar-refractivity contribution in [2.24, 2.45) is 0 Å². The maximum atomic E-state index is 5.94. The molecule has 5 nitrogen and oxygen atoms in total. The predicted octanol–water partition coefficient (Wildman–Crippen LogP) is 2.32. The smallest absolute Gasteiger partial charge is 0.481 e. The Morgan fingerprint density at radius 1 is 1.25 bits per heavy atom. The average molecular weight is 276 g/mol. The highest BCUT2D eigenvalue weighted by atomic mass is 16.7. The summed E-state index contributed by atoms with van der Waals surface area (Å²) in [5.74, 6) is 2.31. The normalized spacial score (nSPS) is 20.6. The summed E-state index contributed by atoms with van der Waals surface area (Å²) in [5, 5.41) is 0. The molecule has 1 fully saturated rings. The molecule has 0 amide bonds. The number of nitrogens with zero attached hydrogens (tertiary/aromatic N) is 1. The number of nitrogens with two attached hydrogens (primary N) is 1. The van der Waals surface area contributed by atoms with Gasteiger partial charge in [0.25, 0.3) is 0 Å². The first-order valence-corrected chi connectivity index (χ1v) is 6.59. The molecule has 108 valence electrons. The first-order chi connectivity index (χ1) is 9.27. The average Bonchev–Trinajstić information content (AvgIpc) is 2.56. The Bertz CT molecular complexity index is 513. The molecule has 2 N–H and O–H groups in total. The summed E-state index contributed by atoms with van der Waals surface area (Å²) < 4.78 is 17.0. The SMILES string of the molecule is COc1nccc(N)c1/C=C/B1OC(C)(C)C(C)(C)O1. The van der Waals surface area contributed by atoms with Crippen molar-refractivity contribution < 1.29 is 14.0 Å². The van der Waals surface area contributed by atoms with Gasteiger partial charge in [0.15, 0.2) is 0 Å². The van der Waals surface area contributed by atoms with Crippen LogP contribution in [0.5, 0.6) is 5.88 Å². The fraction of sp³-hybridized carbons (Fsp3) is 0.500. The Kier molecular flexibility index (Phi) is 3.80. The van der Waals surface area contributed by atoms with Crippen LogP contribution in [-0.4, -0.2) is 30.4 Å². The van der Waals surface area contributed by atoms with Gasteiger partial charge in [0.1, 0.15) is 0 Å². The monoisotopic (exact) mass is 276 g/mol. The lowest BCUT2D eigenvalue weighted by molar-refractivity contribution is 0.00578. The van der Waals surface area contributed by atoms with Crippen LogP contribution in [-0.2, 0) is 9.31 Å². The van der Waals surface area contributed by atoms with Crippen LogP contribution in [0.4, 0.5) is 5.69 Å². The highest BCUT2D eigenvalue weighted by molar-refractivity contribution is 6.52. The van der Waals surface area contributed by atoms with E-state index in [9.17, 15) is 0 Å². The molecule has 0 aliphatic carbocycles. The fourth-order valence-electron chi connectivity index (χ4n) is 1.94. The van der Waals surface area contributed by atoms with E-state index in [0.717, 1.165) is 5.56 Å². The number of aromatic nitrogens is 1. The number of methoxy groups -OCH3 is 1. The van der Waals surface area contributed by atoms with Crippen LogP contribution in [0, 0.1) is 0 Å². The van der Waals surface area contributed by atoms with Crippen molar-refractivity contribution in [3.05, 3.63) is 23.8 Å². The third kappa shape index (κ3) is 2.67. The summed E-state index contributed by atoms with van der Waals surface area (Å²) in [6, 6.07) is 1.73. The van der Waals surface area contributed by atoms with Gasteiger partial charge < -0.3 is 19.8 Å². The Morgan fingerprint density at radius 3 is 2.40 bits per heavy atom. The standard InChI is InChI=1S/C14H21BN2O3/c1-13(2)14(3,4)20-15(19-13)8-6-10-11(16)7-9-17-12(10)18-5/h6-9H,1-5H3,(H2,16,17)/b8-6+. The van der Waals surface area contributed by atoms with Crippen molar-refractivity contribution in [1.29, 1.82) is 0 Å². The van der Waals surface area contributed by atoms with E-state index in [0.29, 0.717) is 11.6 Å². The molecular weight excluding hydrogens is 255 g/mol. The Balaban J connectivity index is 2.20. The van der Waals surface area contributed by atoms with Crippen LogP contribution in [0.2, 0.25) is 0 Å². The Hall–Kier alpha value is -1.53. The minimum Gasteiger partial charge on any atom is -0.481 e. The first kappa shape index (κ1) is 14.9. The van der Waals surface area contributed by atoms with E-state index in [1.54, 1.807) is 19.4 Å². The molecule has 2 rings (SSSR count). The summed E-state index contributed by atoms with van der Waals surface area (Å²) >= 11 is 0. The molecule has 20 heavy (non-hydrogen) atoms. The zero-order valence-electron chi connectivity index (χ0n) is 12.6. The lowest BCUT2D eigenvalue weighted by Gasteiger charge is -2.32. The fourth-order valence-corrected chi connectivity index (χ4v) is 1.94. The number of ether oxygens (including phenoxy) is 1. The number of anilines is 1. The maximum absolute atomic E-state index is 5.94. The third-order valence-electron chi connectivity index (χ3n) is 3.87.